The van der Waals surface area contributed by atoms with Gasteiger partial charge < -0.3 is 0 Å². The van der Waals surface area contributed by atoms with E-state index < -0.39 is 0 Å². The lowest BCUT2D eigenvalue weighted by Gasteiger charge is -2.52. The fraction of sp³-hybridized carbons (Fsp3) is 1.00. The van der Waals surface area contributed by atoms with Crippen molar-refractivity contribution in [3.8, 4) is 0 Å². The first-order chi connectivity index (χ1) is 6.74. The molecule has 0 aromatic rings. The molecule has 0 nitrogen and oxygen atoms in total. The van der Waals surface area contributed by atoms with Gasteiger partial charge in [0.05, 0.1) is 0 Å². The van der Waals surface area contributed by atoms with Crippen LogP contribution in [0, 0.1) is 22.7 Å². The highest BCUT2D eigenvalue weighted by molar-refractivity contribution is 4.94. The Bertz CT molecular complexity index is 178. The minimum absolute atomic E-state index is 0.450. The third-order valence-corrected chi connectivity index (χ3v) is 5.17. The highest BCUT2D eigenvalue weighted by Crippen LogP contribution is 2.53. The zero-order valence-corrected chi connectivity index (χ0v) is 12.3. The standard InChI is InChI=1S/C15H32/c1-9-11-14(6,7)15(8,12(3)4)13(5)10-2/h12-13H,9-11H2,1-8H3. The molecule has 0 heterocycles. The summed E-state index contributed by atoms with van der Waals surface area (Å²) in [5.74, 6) is 1.56. The molecule has 0 radical (unpaired) electrons. The summed E-state index contributed by atoms with van der Waals surface area (Å²) in [5, 5.41) is 0. The van der Waals surface area contributed by atoms with Crippen LogP contribution in [0.25, 0.3) is 0 Å². The Hall–Kier alpha value is 0. The first kappa shape index (κ1) is 15.0. The Morgan fingerprint density at radius 3 is 1.67 bits per heavy atom. The maximum absolute atomic E-state index is 2.50. The zero-order valence-electron chi connectivity index (χ0n) is 12.3. The van der Waals surface area contributed by atoms with Gasteiger partial charge in [0.25, 0.3) is 0 Å². The normalized spacial score (nSPS) is 19.0. The fourth-order valence-electron chi connectivity index (χ4n) is 3.34. The second-order valence-corrected chi connectivity index (χ2v) is 6.38. The lowest BCUT2D eigenvalue weighted by Crippen LogP contribution is -2.44. The lowest BCUT2D eigenvalue weighted by molar-refractivity contribution is -0.0270. The van der Waals surface area contributed by atoms with Gasteiger partial charge in [0.15, 0.2) is 0 Å². The first-order valence-corrected chi connectivity index (χ1v) is 6.74. The van der Waals surface area contributed by atoms with Crippen molar-refractivity contribution >= 4 is 0 Å². The molecule has 0 saturated carbocycles. The maximum Gasteiger partial charge on any atom is -0.0226 e. The van der Waals surface area contributed by atoms with Gasteiger partial charge in [0, 0.05) is 0 Å². The number of hydrogen-bond donors (Lipinski definition) is 0. The molecule has 0 bridgehead atoms. The monoisotopic (exact) mass is 212 g/mol. The molecule has 15 heavy (non-hydrogen) atoms. The van der Waals surface area contributed by atoms with Crippen LogP contribution in [-0.4, -0.2) is 0 Å². The minimum Gasteiger partial charge on any atom is -0.0654 e. The van der Waals surface area contributed by atoms with E-state index in [9.17, 15) is 0 Å². The van der Waals surface area contributed by atoms with E-state index in [1.165, 1.54) is 19.3 Å². The molecule has 0 aromatic heterocycles. The van der Waals surface area contributed by atoms with E-state index in [1.807, 2.05) is 0 Å². The maximum atomic E-state index is 2.50. The molecule has 92 valence electrons. The molecule has 0 heteroatoms. The molecular weight excluding hydrogens is 180 g/mol. The van der Waals surface area contributed by atoms with Crippen LogP contribution in [0.5, 0.6) is 0 Å². The van der Waals surface area contributed by atoms with Crippen molar-refractivity contribution in [1.82, 2.24) is 0 Å². The second-order valence-electron chi connectivity index (χ2n) is 6.38. The highest BCUT2D eigenvalue weighted by Gasteiger charge is 2.45. The van der Waals surface area contributed by atoms with E-state index >= 15 is 0 Å². The number of hydrogen-bond acceptors (Lipinski definition) is 0. The van der Waals surface area contributed by atoms with Crippen LogP contribution in [0.3, 0.4) is 0 Å². The summed E-state index contributed by atoms with van der Waals surface area (Å²) >= 11 is 0. The molecule has 0 fully saturated rings. The summed E-state index contributed by atoms with van der Waals surface area (Å²) in [4.78, 5) is 0. The van der Waals surface area contributed by atoms with Crippen LogP contribution in [0.4, 0.5) is 0 Å². The van der Waals surface area contributed by atoms with Crippen molar-refractivity contribution in [3.63, 3.8) is 0 Å². The minimum atomic E-state index is 0.450. The zero-order chi connectivity index (χ0) is 12.3. The first-order valence-electron chi connectivity index (χ1n) is 6.74. The van der Waals surface area contributed by atoms with Gasteiger partial charge in [-0.05, 0) is 29.1 Å². The SMILES string of the molecule is CCCC(C)(C)C(C)(C(C)C)C(C)CC. The Kier molecular flexibility index (Phi) is 5.37. The van der Waals surface area contributed by atoms with E-state index in [4.69, 9.17) is 0 Å². The van der Waals surface area contributed by atoms with E-state index in [2.05, 4.69) is 55.4 Å². The van der Waals surface area contributed by atoms with Gasteiger partial charge in [-0.1, -0.05) is 68.2 Å². The fourth-order valence-corrected chi connectivity index (χ4v) is 3.34. The predicted octanol–water partition coefficient (Wildman–Crippen LogP) is 5.52. The topological polar surface area (TPSA) is 0 Å². The van der Waals surface area contributed by atoms with Crippen molar-refractivity contribution in [3.05, 3.63) is 0 Å². The Morgan fingerprint density at radius 1 is 0.933 bits per heavy atom. The smallest absolute Gasteiger partial charge is 0.0226 e. The molecule has 0 saturated heterocycles. The third-order valence-electron chi connectivity index (χ3n) is 5.17. The van der Waals surface area contributed by atoms with Crippen LogP contribution >= 0.6 is 0 Å². The van der Waals surface area contributed by atoms with Gasteiger partial charge in [-0.2, -0.15) is 0 Å². The van der Waals surface area contributed by atoms with Crippen LogP contribution in [-0.2, 0) is 0 Å². The summed E-state index contributed by atoms with van der Waals surface area (Å²) in [6, 6.07) is 0. The summed E-state index contributed by atoms with van der Waals surface area (Å²) in [6.45, 7) is 19.3. The van der Waals surface area contributed by atoms with Gasteiger partial charge in [0.2, 0.25) is 0 Å². The Balaban J connectivity index is 5.09. The van der Waals surface area contributed by atoms with Crippen molar-refractivity contribution in [2.75, 3.05) is 0 Å². The lowest BCUT2D eigenvalue weighted by atomic mass is 9.53. The number of rotatable bonds is 6. The van der Waals surface area contributed by atoms with Crippen LogP contribution < -0.4 is 0 Å². The van der Waals surface area contributed by atoms with Gasteiger partial charge in [-0.3, -0.25) is 0 Å². The van der Waals surface area contributed by atoms with Gasteiger partial charge in [-0.25, -0.2) is 0 Å². The van der Waals surface area contributed by atoms with Crippen LogP contribution in [0.2, 0.25) is 0 Å². The molecule has 0 aliphatic carbocycles. The van der Waals surface area contributed by atoms with Crippen molar-refractivity contribution in [1.29, 1.82) is 0 Å². The van der Waals surface area contributed by atoms with Gasteiger partial charge >= 0.3 is 0 Å². The molecule has 2 atom stereocenters. The molecule has 0 N–H and O–H groups in total. The van der Waals surface area contributed by atoms with E-state index in [0.29, 0.717) is 10.8 Å². The van der Waals surface area contributed by atoms with E-state index in [1.54, 1.807) is 0 Å². The second kappa shape index (κ2) is 5.37. The van der Waals surface area contributed by atoms with E-state index in [-0.39, 0.29) is 0 Å². The van der Waals surface area contributed by atoms with E-state index in [0.717, 1.165) is 11.8 Å². The molecule has 0 amide bonds. The van der Waals surface area contributed by atoms with Gasteiger partial charge in [-0.15, -0.1) is 0 Å². The predicted molar refractivity (Wildman–Crippen MR) is 71.1 cm³/mol. The van der Waals surface area contributed by atoms with Crippen molar-refractivity contribution < 1.29 is 0 Å². The summed E-state index contributed by atoms with van der Waals surface area (Å²) in [5.41, 5.74) is 0.906. The largest absolute Gasteiger partial charge is 0.0654 e. The molecule has 0 rings (SSSR count). The highest BCUT2D eigenvalue weighted by atomic mass is 14.5. The van der Waals surface area contributed by atoms with Crippen LogP contribution in [0.15, 0.2) is 0 Å². The molecule has 0 spiro atoms. The van der Waals surface area contributed by atoms with Gasteiger partial charge in [0.1, 0.15) is 0 Å². The molecular formula is C15H32. The summed E-state index contributed by atoms with van der Waals surface area (Å²) in [6.07, 6.45) is 3.93. The molecule has 0 aromatic carbocycles. The molecule has 0 aliphatic heterocycles. The summed E-state index contributed by atoms with van der Waals surface area (Å²) < 4.78 is 0. The molecule has 0 aliphatic rings. The van der Waals surface area contributed by atoms with Crippen LogP contribution in [0.1, 0.15) is 74.7 Å². The van der Waals surface area contributed by atoms with Crippen molar-refractivity contribution in [2.45, 2.75) is 74.7 Å². The average Bonchev–Trinajstić information content (AvgIpc) is 2.14. The third kappa shape index (κ3) is 2.77. The molecule has 2 unspecified atom stereocenters. The average molecular weight is 212 g/mol. The Labute approximate surface area is 97.8 Å². The summed E-state index contributed by atoms with van der Waals surface area (Å²) in [7, 11) is 0. The quantitative estimate of drug-likeness (QED) is 0.543. The van der Waals surface area contributed by atoms with Crippen molar-refractivity contribution in [2.24, 2.45) is 22.7 Å². The Morgan fingerprint density at radius 2 is 1.40 bits per heavy atom.